The van der Waals surface area contributed by atoms with E-state index in [9.17, 15) is 9.59 Å². The van der Waals surface area contributed by atoms with Crippen molar-refractivity contribution < 1.29 is 9.59 Å². The van der Waals surface area contributed by atoms with Crippen LogP contribution in [0.4, 0.5) is 10.5 Å². The first-order chi connectivity index (χ1) is 15.4. The van der Waals surface area contributed by atoms with E-state index in [0.717, 1.165) is 22.4 Å². The van der Waals surface area contributed by atoms with Crippen molar-refractivity contribution in [3.05, 3.63) is 64.4 Å². The number of aromatic amines is 1. The van der Waals surface area contributed by atoms with Gasteiger partial charge in [0.25, 0.3) is 0 Å². The Labute approximate surface area is 191 Å². The zero-order valence-electron chi connectivity index (χ0n) is 18.2. The lowest BCUT2D eigenvalue weighted by Crippen LogP contribution is -2.52. The van der Waals surface area contributed by atoms with Crippen molar-refractivity contribution in [3.8, 4) is 11.4 Å². The van der Waals surface area contributed by atoms with Gasteiger partial charge >= 0.3 is 6.03 Å². The molecule has 1 fully saturated rings. The first-order valence-corrected chi connectivity index (χ1v) is 10.9. The Morgan fingerprint density at radius 3 is 2.38 bits per heavy atom. The summed E-state index contributed by atoms with van der Waals surface area (Å²) in [5.41, 5.74) is 3.90. The normalized spacial score (nSPS) is 13.8. The fraction of sp³-hybridized carbons (Fsp3) is 0.304. The molecule has 0 aliphatic carbocycles. The van der Waals surface area contributed by atoms with Gasteiger partial charge in [0.15, 0.2) is 10.6 Å². The number of benzene rings is 2. The van der Waals surface area contributed by atoms with Crippen LogP contribution in [-0.2, 0) is 11.3 Å². The monoisotopic (exact) mass is 450 g/mol. The predicted molar refractivity (Wildman–Crippen MR) is 126 cm³/mol. The average molecular weight is 451 g/mol. The van der Waals surface area contributed by atoms with Gasteiger partial charge < -0.3 is 15.1 Å². The van der Waals surface area contributed by atoms with Gasteiger partial charge in [0.1, 0.15) is 6.54 Å². The number of aromatic nitrogens is 3. The maximum atomic E-state index is 13.0. The van der Waals surface area contributed by atoms with Gasteiger partial charge in [-0.05, 0) is 43.8 Å². The minimum Gasteiger partial charge on any atom is -0.338 e. The zero-order valence-corrected chi connectivity index (χ0v) is 19.0. The second-order valence-corrected chi connectivity index (χ2v) is 8.36. The van der Waals surface area contributed by atoms with Gasteiger partial charge in [-0.2, -0.15) is 5.10 Å². The fourth-order valence-corrected chi connectivity index (χ4v) is 3.90. The van der Waals surface area contributed by atoms with Crippen LogP contribution in [0.1, 0.15) is 11.1 Å². The molecule has 0 saturated carbocycles. The topological polar surface area (TPSA) is 86.3 Å². The van der Waals surface area contributed by atoms with Crippen molar-refractivity contribution in [2.24, 2.45) is 0 Å². The van der Waals surface area contributed by atoms with Gasteiger partial charge in [-0.3, -0.25) is 14.5 Å². The van der Waals surface area contributed by atoms with E-state index in [-0.39, 0.29) is 18.5 Å². The van der Waals surface area contributed by atoms with Crippen LogP contribution in [0.5, 0.6) is 0 Å². The molecule has 32 heavy (non-hydrogen) atoms. The number of nitrogens with zero attached hydrogens (tertiary/aromatic N) is 4. The van der Waals surface area contributed by atoms with Crippen LogP contribution in [-0.4, -0.2) is 62.7 Å². The van der Waals surface area contributed by atoms with Gasteiger partial charge in [0, 0.05) is 37.4 Å². The van der Waals surface area contributed by atoms with E-state index in [1.807, 2.05) is 62.4 Å². The smallest absolute Gasteiger partial charge is 0.321 e. The highest BCUT2D eigenvalue weighted by Crippen LogP contribution is 2.18. The maximum absolute atomic E-state index is 13.0. The van der Waals surface area contributed by atoms with Crippen molar-refractivity contribution in [2.75, 3.05) is 31.5 Å². The Morgan fingerprint density at radius 1 is 1.00 bits per heavy atom. The Bertz CT molecular complexity index is 1180. The molecular weight excluding hydrogens is 424 g/mol. The van der Waals surface area contributed by atoms with E-state index < -0.39 is 0 Å². The summed E-state index contributed by atoms with van der Waals surface area (Å²) in [5.74, 6) is 0.592. The SMILES string of the molecule is Cc1ccc(-c2n[nH]c(=S)n2CC(=O)N2CCN(C(=O)Nc3cccc(C)c3)CC2)cc1. The molecule has 4 rings (SSSR count). The summed E-state index contributed by atoms with van der Waals surface area (Å²) in [6.45, 7) is 6.02. The Morgan fingerprint density at radius 2 is 1.69 bits per heavy atom. The molecule has 2 N–H and O–H groups in total. The van der Waals surface area contributed by atoms with Gasteiger partial charge in [-0.15, -0.1) is 0 Å². The largest absolute Gasteiger partial charge is 0.338 e. The first kappa shape index (κ1) is 21.8. The standard InChI is InChI=1S/C23H26N6O2S/c1-16-6-8-18(9-7-16)21-25-26-23(32)29(21)15-20(30)27-10-12-28(13-11-27)22(31)24-19-5-3-4-17(2)14-19/h3-9,14H,10-13,15H2,1-2H3,(H,24,31)(H,26,32). The fourth-order valence-electron chi connectivity index (χ4n) is 3.71. The van der Waals surface area contributed by atoms with E-state index in [0.29, 0.717) is 36.8 Å². The first-order valence-electron chi connectivity index (χ1n) is 10.5. The van der Waals surface area contributed by atoms with Gasteiger partial charge in [-0.25, -0.2) is 4.79 Å². The number of nitrogens with one attached hydrogen (secondary N) is 2. The number of hydrogen-bond acceptors (Lipinski definition) is 4. The third-order valence-corrected chi connectivity index (χ3v) is 5.86. The minimum atomic E-state index is -0.151. The lowest BCUT2D eigenvalue weighted by molar-refractivity contribution is -0.133. The van der Waals surface area contributed by atoms with Gasteiger partial charge in [-0.1, -0.05) is 42.0 Å². The molecule has 3 amide bonds. The third-order valence-electron chi connectivity index (χ3n) is 5.55. The molecule has 0 atom stereocenters. The summed E-state index contributed by atoms with van der Waals surface area (Å²) in [6, 6.07) is 15.5. The van der Waals surface area contributed by atoms with E-state index >= 15 is 0 Å². The van der Waals surface area contributed by atoms with E-state index in [4.69, 9.17) is 12.2 Å². The van der Waals surface area contributed by atoms with Crippen LogP contribution < -0.4 is 5.32 Å². The number of H-pyrrole nitrogens is 1. The summed E-state index contributed by atoms with van der Waals surface area (Å²) in [7, 11) is 0. The minimum absolute atomic E-state index is 0.0467. The Balaban J connectivity index is 1.36. The molecule has 1 aromatic heterocycles. The van der Waals surface area contributed by atoms with Crippen LogP contribution in [0.25, 0.3) is 11.4 Å². The molecule has 166 valence electrons. The molecule has 0 bridgehead atoms. The summed E-state index contributed by atoms with van der Waals surface area (Å²) in [5, 5.41) is 10.0. The summed E-state index contributed by atoms with van der Waals surface area (Å²) >= 11 is 5.36. The van der Waals surface area contributed by atoms with Crippen LogP contribution in [0, 0.1) is 18.6 Å². The van der Waals surface area contributed by atoms with Crippen LogP contribution in [0.2, 0.25) is 0 Å². The molecule has 1 aliphatic rings. The van der Waals surface area contributed by atoms with E-state index in [2.05, 4.69) is 15.5 Å². The summed E-state index contributed by atoms with van der Waals surface area (Å²) in [4.78, 5) is 29.0. The highest BCUT2D eigenvalue weighted by molar-refractivity contribution is 7.71. The molecule has 1 aliphatic heterocycles. The molecule has 8 nitrogen and oxygen atoms in total. The van der Waals surface area contributed by atoms with Crippen LogP contribution in [0.3, 0.4) is 0 Å². The molecule has 0 unspecified atom stereocenters. The number of amides is 3. The zero-order chi connectivity index (χ0) is 22.7. The van der Waals surface area contributed by atoms with Crippen molar-refractivity contribution in [1.82, 2.24) is 24.6 Å². The third kappa shape index (κ3) is 4.88. The summed E-state index contributed by atoms with van der Waals surface area (Å²) < 4.78 is 2.13. The second-order valence-electron chi connectivity index (χ2n) is 7.97. The molecule has 1 saturated heterocycles. The molecule has 0 radical (unpaired) electrons. The summed E-state index contributed by atoms with van der Waals surface area (Å²) in [6.07, 6.45) is 0. The Hall–Kier alpha value is -3.46. The molecule has 3 aromatic rings. The molecule has 2 heterocycles. The second kappa shape index (κ2) is 9.35. The van der Waals surface area contributed by atoms with Gasteiger partial charge in [0.2, 0.25) is 5.91 Å². The maximum Gasteiger partial charge on any atom is 0.321 e. The van der Waals surface area contributed by atoms with Crippen molar-refractivity contribution in [2.45, 2.75) is 20.4 Å². The number of anilines is 1. The number of rotatable bonds is 4. The Kier molecular flexibility index (Phi) is 6.36. The number of aryl methyl sites for hydroxylation is 2. The predicted octanol–water partition coefficient (Wildman–Crippen LogP) is 3.60. The number of piperazine rings is 1. The van der Waals surface area contributed by atoms with Crippen molar-refractivity contribution in [1.29, 1.82) is 0 Å². The lowest BCUT2D eigenvalue weighted by atomic mass is 10.1. The van der Waals surface area contributed by atoms with Crippen molar-refractivity contribution in [3.63, 3.8) is 0 Å². The van der Waals surface area contributed by atoms with E-state index in [1.165, 1.54) is 0 Å². The van der Waals surface area contributed by atoms with E-state index in [1.54, 1.807) is 14.4 Å². The molecule has 2 aromatic carbocycles. The van der Waals surface area contributed by atoms with Gasteiger partial charge in [0.05, 0.1) is 0 Å². The molecular formula is C23H26N6O2S. The number of carbonyl (C=O) groups excluding carboxylic acids is 2. The number of hydrogen-bond donors (Lipinski definition) is 2. The highest BCUT2D eigenvalue weighted by Gasteiger charge is 2.25. The van der Waals surface area contributed by atoms with Crippen molar-refractivity contribution >= 4 is 29.8 Å². The molecule has 0 spiro atoms. The molecule has 9 heteroatoms. The number of urea groups is 1. The average Bonchev–Trinajstić information content (AvgIpc) is 3.14. The van der Waals surface area contributed by atoms with Crippen LogP contribution in [0.15, 0.2) is 48.5 Å². The van der Waals surface area contributed by atoms with Crippen LogP contribution >= 0.6 is 12.2 Å². The number of carbonyl (C=O) groups is 2. The lowest BCUT2D eigenvalue weighted by Gasteiger charge is -2.34. The highest BCUT2D eigenvalue weighted by atomic mass is 32.1. The quantitative estimate of drug-likeness (QED) is 0.595.